The zero-order valence-corrected chi connectivity index (χ0v) is 14.1. The molecule has 132 valence electrons. The van der Waals surface area contributed by atoms with Crippen LogP contribution in [-0.2, 0) is 17.8 Å². The summed E-state index contributed by atoms with van der Waals surface area (Å²) in [5.74, 6) is 0.786. The number of amides is 1. The van der Waals surface area contributed by atoms with Gasteiger partial charge in [-0.1, -0.05) is 6.07 Å². The van der Waals surface area contributed by atoms with Crippen molar-refractivity contribution in [2.45, 2.75) is 19.4 Å². The van der Waals surface area contributed by atoms with Gasteiger partial charge in [-0.15, -0.1) is 0 Å². The number of nitrogens with one attached hydrogen (secondary N) is 2. The van der Waals surface area contributed by atoms with Crippen LogP contribution in [0.1, 0.15) is 17.5 Å². The van der Waals surface area contributed by atoms with Crippen molar-refractivity contribution in [2.75, 3.05) is 25.6 Å². The van der Waals surface area contributed by atoms with E-state index in [4.69, 9.17) is 9.47 Å². The fourth-order valence-corrected chi connectivity index (χ4v) is 2.78. The molecule has 1 amide bonds. The molecule has 25 heavy (non-hydrogen) atoms. The molecule has 0 saturated heterocycles. The molecular weight excluding hydrogens is 323 g/mol. The number of carbonyl (C=O) groups is 1. The second-order valence-corrected chi connectivity index (χ2v) is 5.81. The average Bonchev–Trinajstić information content (AvgIpc) is 2.65. The van der Waals surface area contributed by atoms with Crippen molar-refractivity contribution in [3.63, 3.8) is 0 Å². The number of carbonyl (C=O) groups excluding carboxylic acids is 1. The third-order valence-corrected chi connectivity index (χ3v) is 4.14. The maximum absolute atomic E-state index is 14.5. The Balaban J connectivity index is 1.52. The fourth-order valence-electron chi connectivity index (χ4n) is 2.78. The smallest absolute Gasteiger partial charge is 0.227 e. The van der Waals surface area contributed by atoms with E-state index in [1.807, 2.05) is 6.07 Å². The molecular formula is C19H21FN2O3. The maximum atomic E-state index is 14.5. The summed E-state index contributed by atoms with van der Waals surface area (Å²) < 4.78 is 25.1. The first kappa shape index (κ1) is 17.2. The Morgan fingerprint density at radius 1 is 1.20 bits per heavy atom. The molecule has 0 radical (unpaired) electrons. The van der Waals surface area contributed by atoms with Crippen LogP contribution < -0.4 is 20.1 Å². The van der Waals surface area contributed by atoms with Crippen LogP contribution >= 0.6 is 0 Å². The summed E-state index contributed by atoms with van der Waals surface area (Å²) >= 11 is 0. The number of hydrogen-bond acceptors (Lipinski definition) is 4. The van der Waals surface area contributed by atoms with E-state index in [0.29, 0.717) is 24.3 Å². The van der Waals surface area contributed by atoms with Gasteiger partial charge in [-0.25, -0.2) is 4.39 Å². The van der Waals surface area contributed by atoms with Gasteiger partial charge >= 0.3 is 0 Å². The largest absolute Gasteiger partial charge is 0.497 e. The monoisotopic (exact) mass is 344 g/mol. The molecule has 0 atom stereocenters. The van der Waals surface area contributed by atoms with Crippen molar-refractivity contribution < 1.29 is 18.7 Å². The number of anilines is 1. The predicted octanol–water partition coefficient (Wildman–Crippen LogP) is 2.89. The van der Waals surface area contributed by atoms with Crippen molar-refractivity contribution in [3.05, 3.63) is 53.3 Å². The van der Waals surface area contributed by atoms with E-state index in [2.05, 4.69) is 10.6 Å². The highest BCUT2D eigenvalue weighted by molar-refractivity contribution is 5.91. The highest BCUT2D eigenvalue weighted by atomic mass is 19.1. The molecule has 5 nitrogen and oxygen atoms in total. The van der Waals surface area contributed by atoms with Gasteiger partial charge in [0.15, 0.2) is 0 Å². The van der Waals surface area contributed by atoms with E-state index in [1.54, 1.807) is 37.4 Å². The van der Waals surface area contributed by atoms with E-state index in [9.17, 15) is 9.18 Å². The van der Waals surface area contributed by atoms with Crippen molar-refractivity contribution in [3.8, 4) is 11.5 Å². The maximum Gasteiger partial charge on any atom is 0.227 e. The number of ether oxygens (including phenoxy) is 2. The van der Waals surface area contributed by atoms with Crippen molar-refractivity contribution in [1.29, 1.82) is 0 Å². The summed E-state index contributed by atoms with van der Waals surface area (Å²) in [6, 6.07) is 10.6. The molecule has 6 heteroatoms. The molecule has 2 aromatic rings. The zero-order chi connectivity index (χ0) is 17.6. The number of hydrogen-bond donors (Lipinski definition) is 2. The first-order valence-electron chi connectivity index (χ1n) is 8.25. The molecule has 0 aliphatic carbocycles. The standard InChI is InChI=1S/C19H21FN2O3/c1-24-14-3-5-15(6-4-14)25-11-9-18(23)22-17-7-2-13-12-21-10-8-16(13)19(17)20/h2-7,21H,8-12H2,1H3,(H,22,23). The van der Waals surface area contributed by atoms with E-state index >= 15 is 0 Å². The van der Waals surface area contributed by atoms with Crippen LogP contribution in [-0.4, -0.2) is 26.2 Å². The van der Waals surface area contributed by atoms with Crippen LogP contribution in [0, 0.1) is 5.82 Å². The van der Waals surface area contributed by atoms with Crippen molar-refractivity contribution >= 4 is 11.6 Å². The highest BCUT2D eigenvalue weighted by Crippen LogP contribution is 2.24. The van der Waals surface area contributed by atoms with E-state index in [1.165, 1.54) is 0 Å². The van der Waals surface area contributed by atoms with Gasteiger partial charge < -0.3 is 20.1 Å². The minimum absolute atomic E-state index is 0.143. The van der Waals surface area contributed by atoms with E-state index in [-0.39, 0.29) is 30.4 Å². The summed E-state index contributed by atoms with van der Waals surface area (Å²) in [4.78, 5) is 12.0. The normalized spacial score (nSPS) is 13.0. The number of benzene rings is 2. The average molecular weight is 344 g/mol. The summed E-state index contributed by atoms with van der Waals surface area (Å²) in [5.41, 5.74) is 1.87. The van der Waals surface area contributed by atoms with Gasteiger partial charge in [-0.2, -0.15) is 0 Å². The minimum Gasteiger partial charge on any atom is -0.497 e. The molecule has 2 aromatic carbocycles. The van der Waals surface area contributed by atoms with Gasteiger partial charge in [-0.3, -0.25) is 4.79 Å². The lowest BCUT2D eigenvalue weighted by atomic mass is 9.99. The van der Waals surface area contributed by atoms with Crippen LogP contribution in [0.5, 0.6) is 11.5 Å². The van der Waals surface area contributed by atoms with Gasteiger partial charge in [0.1, 0.15) is 17.3 Å². The summed E-state index contributed by atoms with van der Waals surface area (Å²) in [7, 11) is 1.59. The summed E-state index contributed by atoms with van der Waals surface area (Å²) in [6.07, 6.45) is 0.773. The van der Waals surface area contributed by atoms with Crippen LogP contribution in [0.3, 0.4) is 0 Å². The third-order valence-electron chi connectivity index (χ3n) is 4.14. The lowest BCUT2D eigenvalue weighted by Gasteiger charge is -2.19. The molecule has 0 spiro atoms. The summed E-state index contributed by atoms with van der Waals surface area (Å²) in [6.45, 7) is 1.63. The third kappa shape index (κ3) is 4.28. The van der Waals surface area contributed by atoms with Crippen molar-refractivity contribution in [1.82, 2.24) is 5.32 Å². The second-order valence-electron chi connectivity index (χ2n) is 5.81. The molecule has 0 aromatic heterocycles. The van der Waals surface area contributed by atoms with E-state index < -0.39 is 0 Å². The molecule has 0 bridgehead atoms. The Hall–Kier alpha value is -2.60. The molecule has 2 N–H and O–H groups in total. The van der Waals surface area contributed by atoms with E-state index in [0.717, 1.165) is 17.9 Å². The summed E-state index contributed by atoms with van der Waals surface area (Å²) in [5, 5.41) is 5.83. The molecule has 0 fully saturated rings. The topological polar surface area (TPSA) is 59.6 Å². The highest BCUT2D eigenvalue weighted by Gasteiger charge is 2.17. The first-order valence-corrected chi connectivity index (χ1v) is 8.25. The predicted molar refractivity (Wildman–Crippen MR) is 93.5 cm³/mol. The minimum atomic E-state index is -0.330. The van der Waals surface area contributed by atoms with Crippen LogP contribution in [0.15, 0.2) is 36.4 Å². The number of halogens is 1. The Labute approximate surface area is 146 Å². The van der Waals surface area contributed by atoms with Gasteiger partial charge in [0.2, 0.25) is 5.91 Å². The van der Waals surface area contributed by atoms with Gasteiger partial charge in [0, 0.05) is 6.54 Å². The molecule has 1 heterocycles. The lowest BCUT2D eigenvalue weighted by molar-refractivity contribution is -0.116. The number of methoxy groups -OCH3 is 1. The molecule has 0 unspecified atom stereocenters. The second kappa shape index (κ2) is 7.98. The fraction of sp³-hybridized carbons (Fsp3) is 0.316. The van der Waals surface area contributed by atoms with Crippen molar-refractivity contribution in [2.24, 2.45) is 0 Å². The Kier molecular flexibility index (Phi) is 5.50. The first-order chi connectivity index (χ1) is 12.2. The van der Waals surface area contributed by atoms with Crippen LogP contribution in [0.4, 0.5) is 10.1 Å². The molecule has 1 aliphatic rings. The van der Waals surface area contributed by atoms with Crippen LogP contribution in [0.25, 0.3) is 0 Å². The number of fused-ring (bicyclic) bond motifs is 1. The molecule has 1 aliphatic heterocycles. The Morgan fingerprint density at radius 3 is 2.72 bits per heavy atom. The Bertz CT molecular complexity index is 747. The van der Waals surface area contributed by atoms with Crippen LogP contribution in [0.2, 0.25) is 0 Å². The lowest BCUT2D eigenvalue weighted by Crippen LogP contribution is -2.25. The van der Waals surface area contributed by atoms with Gasteiger partial charge in [0.25, 0.3) is 0 Å². The quantitative estimate of drug-likeness (QED) is 0.846. The van der Waals surface area contributed by atoms with Gasteiger partial charge in [-0.05, 0) is 54.4 Å². The van der Waals surface area contributed by atoms with Gasteiger partial charge in [0.05, 0.1) is 25.8 Å². The Morgan fingerprint density at radius 2 is 1.96 bits per heavy atom. The number of rotatable bonds is 6. The SMILES string of the molecule is COc1ccc(OCCC(=O)Nc2ccc3c(c2F)CCNC3)cc1. The molecule has 3 rings (SSSR count). The zero-order valence-electron chi connectivity index (χ0n) is 14.1. The molecule has 0 saturated carbocycles.